The summed E-state index contributed by atoms with van der Waals surface area (Å²) in [6.07, 6.45) is 0.970. The van der Waals surface area contributed by atoms with Crippen LogP contribution in [0.4, 0.5) is 10.1 Å². The van der Waals surface area contributed by atoms with Crippen LogP contribution in [0, 0.1) is 5.82 Å². The first-order valence-electron chi connectivity index (χ1n) is 12.5. The van der Waals surface area contributed by atoms with Crippen LogP contribution in [-0.4, -0.2) is 25.9 Å². The van der Waals surface area contributed by atoms with Crippen LogP contribution in [0.25, 0.3) is 0 Å². The molecule has 38 heavy (non-hydrogen) atoms. The van der Waals surface area contributed by atoms with Gasteiger partial charge >= 0.3 is 0 Å². The highest BCUT2D eigenvalue weighted by Crippen LogP contribution is 2.48. The predicted molar refractivity (Wildman–Crippen MR) is 144 cm³/mol. The van der Waals surface area contributed by atoms with Gasteiger partial charge in [0.15, 0.2) is 5.78 Å². The highest BCUT2D eigenvalue weighted by molar-refractivity contribution is 6.10. The van der Waals surface area contributed by atoms with E-state index in [2.05, 4.69) is 10.6 Å². The molecule has 2 atom stereocenters. The lowest BCUT2D eigenvalue weighted by Gasteiger charge is -2.37. The molecule has 7 heteroatoms. The number of anilines is 1. The van der Waals surface area contributed by atoms with E-state index in [1.165, 1.54) is 24.3 Å². The molecule has 1 amide bonds. The molecule has 0 radical (unpaired) electrons. The average molecular weight is 513 g/mol. The van der Waals surface area contributed by atoms with Gasteiger partial charge in [0.2, 0.25) is 0 Å². The maximum atomic E-state index is 13.9. The zero-order chi connectivity index (χ0) is 26.8. The number of ether oxygens (including phenoxy) is 2. The van der Waals surface area contributed by atoms with Gasteiger partial charge in [0, 0.05) is 40.2 Å². The molecular formula is C31H29FN2O4. The Morgan fingerprint density at radius 3 is 2.39 bits per heavy atom. The third kappa shape index (κ3) is 4.79. The van der Waals surface area contributed by atoms with E-state index >= 15 is 0 Å². The molecule has 3 aromatic rings. The van der Waals surface area contributed by atoms with Crippen molar-refractivity contribution in [3.8, 4) is 11.5 Å². The van der Waals surface area contributed by atoms with Gasteiger partial charge < -0.3 is 20.1 Å². The number of amides is 1. The Morgan fingerprint density at radius 1 is 0.974 bits per heavy atom. The first kappa shape index (κ1) is 25.3. The Kier molecular flexibility index (Phi) is 7.01. The molecule has 0 bridgehead atoms. The summed E-state index contributed by atoms with van der Waals surface area (Å²) in [6, 6.07) is 20.9. The number of ketones is 1. The predicted octanol–water partition coefficient (Wildman–Crippen LogP) is 5.84. The second kappa shape index (κ2) is 10.5. The van der Waals surface area contributed by atoms with E-state index in [9.17, 15) is 14.0 Å². The Bertz CT molecular complexity index is 1440. The van der Waals surface area contributed by atoms with Crippen molar-refractivity contribution >= 4 is 17.4 Å². The summed E-state index contributed by atoms with van der Waals surface area (Å²) >= 11 is 0. The fourth-order valence-corrected chi connectivity index (χ4v) is 5.41. The van der Waals surface area contributed by atoms with Gasteiger partial charge in [-0.15, -0.1) is 0 Å². The molecule has 3 aromatic carbocycles. The molecular weight excluding hydrogens is 483 g/mol. The van der Waals surface area contributed by atoms with Crippen LogP contribution in [0.5, 0.6) is 11.5 Å². The van der Waals surface area contributed by atoms with Crippen LogP contribution in [-0.2, 0) is 9.59 Å². The van der Waals surface area contributed by atoms with Gasteiger partial charge in [-0.25, -0.2) is 4.39 Å². The van der Waals surface area contributed by atoms with Crippen molar-refractivity contribution in [1.29, 1.82) is 0 Å². The van der Waals surface area contributed by atoms with Crippen molar-refractivity contribution in [3.63, 3.8) is 0 Å². The van der Waals surface area contributed by atoms with E-state index in [0.717, 1.165) is 11.3 Å². The number of halogens is 1. The Labute approximate surface area is 221 Å². The van der Waals surface area contributed by atoms with Crippen LogP contribution >= 0.6 is 0 Å². The van der Waals surface area contributed by atoms with Crippen molar-refractivity contribution < 1.29 is 23.5 Å². The van der Waals surface area contributed by atoms with Crippen LogP contribution < -0.4 is 20.1 Å². The number of dihydropyridines is 1. The maximum Gasteiger partial charge on any atom is 0.254 e. The quantitative estimate of drug-likeness (QED) is 0.434. The minimum absolute atomic E-state index is 0.0259. The number of Topliss-reactive ketones (excluding diaryl/α,β-unsaturated/α-hetero) is 1. The van der Waals surface area contributed by atoms with Crippen LogP contribution in [0.1, 0.15) is 42.7 Å². The highest BCUT2D eigenvalue weighted by atomic mass is 19.1. The summed E-state index contributed by atoms with van der Waals surface area (Å²) in [5.74, 6) is -0.327. The lowest BCUT2D eigenvalue weighted by molar-refractivity contribution is -0.116. The minimum atomic E-state index is -0.680. The molecule has 2 N–H and O–H groups in total. The van der Waals surface area contributed by atoms with Gasteiger partial charge in [-0.2, -0.15) is 0 Å². The molecule has 0 saturated carbocycles. The fourth-order valence-electron chi connectivity index (χ4n) is 5.41. The molecule has 1 aliphatic carbocycles. The summed E-state index contributed by atoms with van der Waals surface area (Å²) in [5.41, 5.74) is 4.61. The summed E-state index contributed by atoms with van der Waals surface area (Å²) in [7, 11) is 3.13. The number of allylic oxidation sites excluding steroid dienone is 3. The second-order valence-corrected chi connectivity index (χ2v) is 9.50. The molecule has 194 valence electrons. The average Bonchev–Trinajstić information content (AvgIpc) is 2.93. The van der Waals surface area contributed by atoms with Crippen molar-refractivity contribution in [2.75, 3.05) is 19.5 Å². The van der Waals surface area contributed by atoms with Gasteiger partial charge in [0.05, 0.1) is 20.1 Å². The number of hydrogen-bond acceptors (Lipinski definition) is 5. The lowest BCUT2D eigenvalue weighted by Crippen LogP contribution is -2.37. The summed E-state index contributed by atoms with van der Waals surface area (Å²) in [4.78, 5) is 27.6. The monoisotopic (exact) mass is 512 g/mol. The molecule has 0 spiro atoms. The summed E-state index contributed by atoms with van der Waals surface area (Å²) < 4.78 is 24.6. The number of benzene rings is 3. The van der Waals surface area contributed by atoms with Gasteiger partial charge in [-0.3, -0.25) is 9.59 Å². The second-order valence-electron chi connectivity index (χ2n) is 9.50. The minimum Gasteiger partial charge on any atom is -0.497 e. The Hall–Kier alpha value is -4.39. The van der Waals surface area contributed by atoms with Gasteiger partial charge in [0.1, 0.15) is 17.3 Å². The van der Waals surface area contributed by atoms with Gasteiger partial charge in [-0.1, -0.05) is 30.3 Å². The number of methoxy groups -OCH3 is 2. The third-order valence-electron chi connectivity index (χ3n) is 7.19. The summed E-state index contributed by atoms with van der Waals surface area (Å²) in [5, 5.41) is 6.26. The molecule has 6 nitrogen and oxygen atoms in total. The van der Waals surface area contributed by atoms with Gasteiger partial charge in [-0.05, 0) is 67.3 Å². The van der Waals surface area contributed by atoms with Crippen molar-refractivity contribution in [3.05, 3.63) is 112 Å². The Balaban J connectivity index is 1.62. The molecule has 0 aromatic heterocycles. The molecule has 2 aliphatic rings. The number of carbonyl (C=O) groups is 2. The van der Waals surface area contributed by atoms with Crippen molar-refractivity contribution in [1.82, 2.24) is 5.32 Å². The Morgan fingerprint density at radius 2 is 1.71 bits per heavy atom. The topological polar surface area (TPSA) is 76.7 Å². The fraction of sp³-hybridized carbons (Fsp3) is 0.226. The van der Waals surface area contributed by atoms with E-state index in [0.29, 0.717) is 52.4 Å². The zero-order valence-electron chi connectivity index (χ0n) is 21.5. The van der Waals surface area contributed by atoms with Crippen LogP contribution in [0.3, 0.4) is 0 Å². The molecule has 0 unspecified atom stereocenters. The van der Waals surface area contributed by atoms with E-state index in [1.54, 1.807) is 26.4 Å². The molecule has 1 aliphatic heterocycles. The highest BCUT2D eigenvalue weighted by Gasteiger charge is 2.42. The standard InChI is InChI=1S/C31H29FN2O4/c1-18-28(31(36)34-22-11-9-21(32)10-12-22)29(24-17-23(37-2)13-14-27(24)38-3)30-25(33-18)15-20(16-26(30)35)19-7-5-4-6-8-19/h4-14,17,20,29,33H,15-16H2,1-3H3,(H,34,36)/t20-,29-/m0/s1. The largest absolute Gasteiger partial charge is 0.497 e. The van der Waals surface area contributed by atoms with E-state index in [1.807, 2.05) is 43.3 Å². The van der Waals surface area contributed by atoms with Crippen molar-refractivity contribution in [2.45, 2.75) is 31.6 Å². The SMILES string of the molecule is COc1ccc(OC)c([C@H]2C(C(=O)Nc3ccc(F)cc3)=C(C)NC3=C2C(=O)C[C@@H](c2ccccc2)C3)c1. The van der Waals surface area contributed by atoms with E-state index in [-0.39, 0.29) is 17.6 Å². The van der Waals surface area contributed by atoms with E-state index < -0.39 is 11.7 Å². The first-order valence-corrected chi connectivity index (χ1v) is 12.5. The smallest absolute Gasteiger partial charge is 0.254 e. The summed E-state index contributed by atoms with van der Waals surface area (Å²) in [6.45, 7) is 1.83. The van der Waals surface area contributed by atoms with Crippen LogP contribution in [0.2, 0.25) is 0 Å². The van der Waals surface area contributed by atoms with E-state index in [4.69, 9.17) is 9.47 Å². The number of hydrogen-bond donors (Lipinski definition) is 2. The molecule has 5 rings (SSSR count). The van der Waals surface area contributed by atoms with Crippen LogP contribution in [0.15, 0.2) is 95.3 Å². The normalized spacial score (nSPS) is 19.0. The number of rotatable bonds is 6. The molecule has 0 saturated heterocycles. The van der Waals surface area contributed by atoms with Crippen molar-refractivity contribution in [2.24, 2.45) is 0 Å². The molecule has 0 fully saturated rings. The maximum absolute atomic E-state index is 13.9. The number of nitrogens with one attached hydrogen (secondary N) is 2. The number of carbonyl (C=O) groups excluding carboxylic acids is 2. The zero-order valence-corrected chi connectivity index (χ0v) is 21.5. The molecule has 1 heterocycles. The third-order valence-corrected chi connectivity index (χ3v) is 7.19. The lowest BCUT2D eigenvalue weighted by atomic mass is 9.71. The van der Waals surface area contributed by atoms with Gasteiger partial charge in [0.25, 0.3) is 5.91 Å². The first-order chi connectivity index (χ1) is 18.4.